The third kappa shape index (κ3) is 2.93. The van der Waals surface area contributed by atoms with E-state index in [4.69, 9.17) is 4.98 Å². The lowest BCUT2D eigenvalue weighted by atomic mass is 10.0. The van der Waals surface area contributed by atoms with E-state index in [1.807, 2.05) is 25.5 Å². The van der Waals surface area contributed by atoms with Gasteiger partial charge < -0.3 is 5.32 Å². The maximum absolute atomic E-state index is 4.83. The van der Waals surface area contributed by atoms with E-state index in [1.165, 1.54) is 16.5 Å². The predicted molar refractivity (Wildman–Crippen MR) is 86.2 cm³/mol. The van der Waals surface area contributed by atoms with Gasteiger partial charge in [-0.15, -0.1) is 0 Å². The van der Waals surface area contributed by atoms with Crippen molar-refractivity contribution in [3.63, 3.8) is 0 Å². The van der Waals surface area contributed by atoms with E-state index in [9.17, 15) is 0 Å². The summed E-state index contributed by atoms with van der Waals surface area (Å²) in [6.45, 7) is 2.15. The molecule has 0 aliphatic carbocycles. The van der Waals surface area contributed by atoms with E-state index < -0.39 is 0 Å². The maximum Gasteiger partial charge on any atom is 0.0708 e. The molecular formula is C18H19N3. The number of aromatic nitrogens is 2. The van der Waals surface area contributed by atoms with E-state index in [2.05, 4.69) is 53.6 Å². The van der Waals surface area contributed by atoms with Crippen molar-refractivity contribution in [3.05, 3.63) is 71.7 Å². The Morgan fingerprint density at radius 3 is 2.62 bits per heavy atom. The molecule has 0 aliphatic rings. The zero-order valence-electron chi connectivity index (χ0n) is 12.4. The molecule has 1 N–H and O–H groups in total. The molecule has 1 atom stereocenters. The molecule has 3 nitrogen and oxygen atoms in total. The Bertz CT molecular complexity index is 738. The van der Waals surface area contributed by atoms with Crippen LogP contribution in [0.1, 0.15) is 22.9 Å². The topological polar surface area (TPSA) is 37.8 Å². The summed E-state index contributed by atoms with van der Waals surface area (Å²) < 4.78 is 0. The van der Waals surface area contributed by atoms with Crippen LogP contribution >= 0.6 is 0 Å². The number of nitrogens with one attached hydrogen (secondary N) is 1. The van der Waals surface area contributed by atoms with Crippen LogP contribution in [0.3, 0.4) is 0 Å². The first kappa shape index (κ1) is 13.7. The van der Waals surface area contributed by atoms with Crippen molar-refractivity contribution in [2.45, 2.75) is 19.4 Å². The van der Waals surface area contributed by atoms with Crippen LogP contribution in [0.2, 0.25) is 0 Å². The highest BCUT2D eigenvalue weighted by molar-refractivity contribution is 5.82. The average molecular weight is 277 g/mol. The first-order chi connectivity index (χ1) is 10.3. The average Bonchev–Trinajstić information content (AvgIpc) is 2.53. The Morgan fingerprint density at radius 1 is 1.10 bits per heavy atom. The summed E-state index contributed by atoms with van der Waals surface area (Å²) >= 11 is 0. The van der Waals surface area contributed by atoms with Crippen molar-refractivity contribution in [1.82, 2.24) is 15.3 Å². The maximum atomic E-state index is 4.83. The molecule has 106 valence electrons. The molecule has 2 heterocycles. The van der Waals surface area contributed by atoms with Crippen molar-refractivity contribution >= 4 is 10.9 Å². The lowest BCUT2D eigenvalue weighted by Crippen LogP contribution is -2.20. The highest BCUT2D eigenvalue weighted by Gasteiger charge is 2.13. The standard InChI is InChI=1S/C18H19N3/c1-13-11-18(21-16-6-4-3-5-15(13)16)17(19-2)12-14-7-9-20-10-8-14/h3-11,17,19H,12H2,1-2H3. The Hall–Kier alpha value is -2.26. The van der Waals surface area contributed by atoms with Crippen molar-refractivity contribution in [3.8, 4) is 0 Å². The number of hydrogen-bond donors (Lipinski definition) is 1. The lowest BCUT2D eigenvalue weighted by molar-refractivity contribution is 0.577. The van der Waals surface area contributed by atoms with Gasteiger partial charge in [-0.25, -0.2) is 0 Å². The molecule has 1 aromatic carbocycles. The van der Waals surface area contributed by atoms with Gasteiger partial charge in [0.15, 0.2) is 0 Å². The SMILES string of the molecule is CNC(Cc1ccncc1)c1cc(C)c2ccccc2n1. The second kappa shape index (κ2) is 6.02. The minimum atomic E-state index is 0.204. The van der Waals surface area contributed by atoms with Crippen LogP contribution < -0.4 is 5.32 Å². The zero-order valence-corrected chi connectivity index (χ0v) is 12.4. The summed E-state index contributed by atoms with van der Waals surface area (Å²) in [5, 5.41) is 4.60. The molecule has 0 fully saturated rings. The number of rotatable bonds is 4. The van der Waals surface area contributed by atoms with Crippen LogP contribution in [0.25, 0.3) is 10.9 Å². The highest BCUT2D eigenvalue weighted by Crippen LogP contribution is 2.22. The molecule has 0 aliphatic heterocycles. The fraction of sp³-hybridized carbons (Fsp3) is 0.222. The number of nitrogens with zero attached hydrogens (tertiary/aromatic N) is 2. The number of hydrogen-bond acceptors (Lipinski definition) is 3. The molecule has 0 bridgehead atoms. The van der Waals surface area contributed by atoms with Gasteiger partial charge in [0.05, 0.1) is 17.3 Å². The molecule has 0 saturated heterocycles. The van der Waals surface area contributed by atoms with Gasteiger partial charge in [0, 0.05) is 17.8 Å². The third-order valence-electron chi connectivity index (χ3n) is 3.84. The first-order valence-electron chi connectivity index (χ1n) is 7.20. The number of likely N-dealkylation sites (N-methyl/N-ethyl adjacent to an activating group) is 1. The van der Waals surface area contributed by atoms with Gasteiger partial charge in [-0.1, -0.05) is 18.2 Å². The van der Waals surface area contributed by atoms with Gasteiger partial charge >= 0.3 is 0 Å². The largest absolute Gasteiger partial charge is 0.311 e. The first-order valence-corrected chi connectivity index (χ1v) is 7.20. The van der Waals surface area contributed by atoms with Crippen LogP contribution in [-0.4, -0.2) is 17.0 Å². The fourth-order valence-electron chi connectivity index (χ4n) is 2.66. The van der Waals surface area contributed by atoms with Crippen molar-refractivity contribution in [1.29, 1.82) is 0 Å². The molecule has 0 radical (unpaired) electrons. The van der Waals surface area contributed by atoms with E-state index in [0.29, 0.717) is 0 Å². The predicted octanol–water partition coefficient (Wildman–Crippen LogP) is 3.44. The lowest BCUT2D eigenvalue weighted by Gasteiger charge is -2.17. The number of fused-ring (bicyclic) bond motifs is 1. The number of benzene rings is 1. The van der Waals surface area contributed by atoms with E-state index in [1.54, 1.807) is 0 Å². The van der Waals surface area contributed by atoms with Crippen molar-refractivity contribution in [2.75, 3.05) is 7.05 Å². The second-order valence-electron chi connectivity index (χ2n) is 5.28. The summed E-state index contributed by atoms with van der Waals surface area (Å²) in [6.07, 6.45) is 4.58. The van der Waals surface area contributed by atoms with Crippen molar-refractivity contribution in [2.24, 2.45) is 0 Å². The number of para-hydroxylation sites is 1. The third-order valence-corrected chi connectivity index (χ3v) is 3.84. The van der Waals surface area contributed by atoms with Crippen LogP contribution in [0.5, 0.6) is 0 Å². The van der Waals surface area contributed by atoms with Gasteiger partial charge in [-0.05, 0) is 55.8 Å². The summed E-state index contributed by atoms with van der Waals surface area (Å²) in [6, 6.07) is 14.8. The van der Waals surface area contributed by atoms with Crippen LogP contribution in [-0.2, 0) is 6.42 Å². The molecule has 21 heavy (non-hydrogen) atoms. The molecule has 0 saturated carbocycles. The second-order valence-corrected chi connectivity index (χ2v) is 5.28. The highest BCUT2D eigenvalue weighted by atomic mass is 14.9. The fourth-order valence-corrected chi connectivity index (χ4v) is 2.66. The van der Waals surface area contributed by atoms with Gasteiger partial charge in [0.25, 0.3) is 0 Å². The summed E-state index contributed by atoms with van der Waals surface area (Å²) in [4.78, 5) is 8.90. The molecular weight excluding hydrogens is 258 g/mol. The number of pyridine rings is 2. The number of aryl methyl sites for hydroxylation is 1. The molecule has 2 aromatic heterocycles. The minimum Gasteiger partial charge on any atom is -0.311 e. The summed E-state index contributed by atoms with van der Waals surface area (Å²) in [5.41, 5.74) is 4.68. The monoisotopic (exact) mass is 277 g/mol. The van der Waals surface area contributed by atoms with Crippen LogP contribution in [0.15, 0.2) is 54.9 Å². The Labute approximate surface area is 125 Å². The van der Waals surface area contributed by atoms with E-state index in [0.717, 1.165) is 17.6 Å². The van der Waals surface area contributed by atoms with E-state index >= 15 is 0 Å². The Kier molecular flexibility index (Phi) is 3.93. The van der Waals surface area contributed by atoms with E-state index in [-0.39, 0.29) is 6.04 Å². The molecule has 3 aromatic rings. The van der Waals surface area contributed by atoms with Gasteiger partial charge in [0.1, 0.15) is 0 Å². The molecule has 3 heteroatoms. The van der Waals surface area contributed by atoms with Gasteiger partial charge in [-0.2, -0.15) is 0 Å². The Balaban J connectivity index is 1.97. The van der Waals surface area contributed by atoms with Crippen LogP contribution in [0, 0.1) is 6.92 Å². The summed E-state index contributed by atoms with van der Waals surface area (Å²) in [5.74, 6) is 0. The minimum absolute atomic E-state index is 0.204. The van der Waals surface area contributed by atoms with Crippen molar-refractivity contribution < 1.29 is 0 Å². The molecule has 0 spiro atoms. The van der Waals surface area contributed by atoms with Gasteiger partial charge in [-0.3, -0.25) is 9.97 Å². The summed E-state index contributed by atoms with van der Waals surface area (Å²) in [7, 11) is 1.98. The van der Waals surface area contributed by atoms with Crippen LogP contribution in [0.4, 0.5) is 0 Å². The quantitative estimate of drug-likeness (QED) is 0.794. The normalized spacial score (nSPS) is 12.5. The zero-order chi connectivity index (χ0) is 14.7. The van der Waals surface area contributed by atoms with Gasteiger partial charge in [0.2, 0.25) is 0 Å². The molecule has 1 unspecified atom stereocenters. The molecule has 0 amide bonds. The smallest absolute Gasteiger partial charge is 0.0708 e. The molecule has 3 rings (SSSR count). The Morgan fingerprint density at radius 2 is 1.86 bits per heavy atom.